The van der Waals surface area contributed by atoms with Crippen LogP contribution < -0.4 is 5.32 Å². The molecule has 86 valence electrons. The monoisotopic (exact) mass is 210 g/mol. The summed E-state index contributed by atoms with van der Waals surface area (Å²) in [5.74, 6) is 0. The van der Waals surface area contributed by atoms with Crippen molar-refractivity contribution < 1.29 is 0 Å². The summed E-state index contributed by atoms with van der Waals surface area (Å²) in [6.45, 7) is 3.91. The van der Waals surface area contributed by atoms with Gasteiger partial charge in [-0.2, -0.15) is 5.26 Å². The van der Waals surface area contributed by atoms with E-state index < -0.39 is 0 Å². The van der Waals surface area contributed by atoms with E-state index in [0.29, 0.717) is 0 Å². The minimum Gasteiger partial charge on any atom is -0.308 e. The van der Waals surface area contributed by atoms with Crippen LogP contribution in [-0.2, 0) is 0 Å². The van der Waals surface area contributed by atoms with Crippen molar-refractivity contribution in [3.8, 4) is 6.07 Å². The zero-order valence-electron chi connectivity index (χ0n) is 10.1. The standard InChI is InChI=1S/C11H22N4/c1-14(2)9-6-13-11(10-12)4-7-15(3)8-5-11/h13H,4-9H2,1-3H3. The first kappa shape index (κ1) is 12.4. The van der Waals surface area contributed by atoms with Crippen molar-refractivity contribution in [1.82, 2.24) is 15.1 Å². The van der Waals surface area contributed by atoms with E-state index in [4.69, 9.17) is 0 Å². The molecule has 1 saturated heterocycles. The Morgan fingerprint density at radius 1 is 1.40 bits per heavy atom. The summed E-state index contributed by atoms with van der Waals surface area (Å²) in [7, 11) is 6.21. The number of nitrogens with zero attached hydrogens (tertiary/aromatic N) is 3. The van der Waals surface area contributed by atoms with Crippen LogP contribution in [0.25, 0.3) is 0 Å². The lowest BCUT2D eigenvalue weighted by atomic mass is 9.89. The van der Waals surface area contributed by atoms with Crippen molar-refractivity contribution in [2.24, 2.45) is 0 Å². The molecule has 0 spiro atoms. The van der Waals surface area contributed by atoms with Crippen molar-refractivity contribution >= 4 is 0 Å². The average Bonchev–Trinajstić information content (AvgIpc) is 2.21. The number of nitriles is 1. The molecule has 1 fully saturated rings. The van der Waals surface area contributed by atoms with Gasteiger partial charge in [0.1, 0.15) is 5.54 Å². The Morgan fingerprint density at radius 3 is 2.47 bits per heavy atom. The lowest BCUT2D eigenvalue weighted by Crippen LogP contribution is -2.53. The largest absolute Gasteiger partial charge is 0.308 e. The summed E-state index contributed by atoms with van der Waals surface area (Å²) < 4.78 is 0. The molecule has 0 atom stereocenters. The van der Waals surface area contributed by atoms with E-state index in [1.165, 1.54) is 0 Å². The van der Waals surface area contributed by atoms with Crippen molar-refractivity contribution in [1.29, 1.82) is 5.26 Å². The number of nitrogens with one attached hydrogen (secondary N) is 1. The van der Waals surface area contributed by atoms with Crippen molar-refractivity contribution in [2.45, 2.75) is 18.4 Å². The third-order valence-electron chi connectivity index (χ3n) is 3.08. The summed E-state index contributed by atoms with van der Waals surface area (Å²) in [4.78, 5) is 4.41. The molecule has 0 aromatic rings. The first-order valence-electron chi connectivity index (χ1n) is 5.57. The molecule has 1 N–H and O–H groups in total. The van der Waals surface area contributed by atoms with E-state index in [2.05, 4.69) is 42.3 Å². The molecule has 1 aliphatic rings. The number of rotatable bonds is 4. The molecule has 0 aliphatic carbocycles. The van der Waals surface area contributed by atoms with Gasteiger partial charge in [-0.25, -0.2) is 0 Å². The van der Waals surface area contributed by atoms with E-state index in [0.717, 1.165) is 39.0 Å². The first-order chi connectivity index (χ1) is 7.08. The number of hydrogen-bond acceptors (Lipinski definition) is 4. The minimum atomic E-state index is -0.275. The van der Waals surface area contributed by atoms with Crippen LogP contribution in [0.15, 0.2) is 0 Å². The zero-order chi connectivity index (χ0) is 11.3. The van der Waals surface area contributed by atoms with Crippen LogP contribution in [0.5, 0.6) is 0 Å². The maximum Gasteiger partial charge on any atom is 0.109 e. The smallest absolute Gasteiger partial charge is 0.109 e. The lowest BCUT2D eigenvalue weighted by molar-refractivity contribution is 0.192. The second-order valence-electron chi connectivity index (χ2n) is 4.73. The van der Waals surface area contributed by atoms with Crippen LogP contribution in [-0.4, -0.2) is 62.7 Å². The van der Waals surface area contributed by atoms with Gasteiger partial charge in [0, 0.05) is 26.2 Å². The molecule has 0 bridgehead atoms. The van der Waals surface area contributed by atoms with Gasteiger partial charge in [0.05, 0.1) is 6.07 Å². The van der Waals surface area contributed by atoms with Crippen LogP contribution in [0, 0.1) is 11.3 Å². The Bertz CT molecular complexity index is 223. The molecule has 15 heavy (non-hydrogen) atoms. The van der Waals surface area contributed by atoms with Gasteiger partial charge in [-0.05, 0) is 34.0 Å². The summed E-state index contributed by atoms with van der Waals surface area (Å²) in [5.41, 5.74) is -0.275. The van der Waals surface area contributed by atoms with Crippen LogP contribution in [0.2, 0.25) is 0 Å². The second kappa shape index (κ2) is 5.45. The van der Waals surface area contributed by atoms with Gasteiger partial charge in [0.15, 0.2) is 0 Å². The number of hydrogen-bond donors (Lipinski definition) is 1. The van der Waals surface area contributed by atoms with Gasteiger partial charge < -0.3 is 9.80 Å². The molecule has 0 aromatic carbocycles. The normalized spacial score (nSPS) is 21.5. The Hall–Kier alpha value is -0.630. The zero-order valence-corrected chi connectivity index (χ0v) is 10.1. The van der Waals surface area contributed by atoms with Gasteiger partial charge in [0.25, 0.3) is 0 Å². The van der Waals surface area contributed by atoms with Crippen molar-refractivity contribution in [3.05, 3.63) is 0 Å². The van der Waals surface area contributed by atoms with Crippen LogP contribution in [0.1, 0.15) is 12.8 Å². The van der Waals surface area contributed by atoms with Gasteiger partial charge in [-0.15, -0.1) is 0 Å². The predicted molar refractivity (Wildman–Crippen MR) is 61.6 cm³/mol. The molecule has 0 radical (unpaired) electrons. The summed E-state index contributed by atoms with van der Waals surface area (Å²) >= 11 is 0. The van der Waals surface area contributed by atoms with Gasteiger partial charge in [-0.1, -0.05) is 0 Å². The Kier molecular flexibility index (Phi) is 4.52. The highest BCUT2D eigenvalue weighted by atomic mass is 15.1. The minimum absolute atomic E-state index is 0.275. The highest BCUT2D eigenvalue weighted by molar-refractivity contribution is 5.09. The summed E-state index contributed by atoms with van der Waals surface area (Å²) in [5, 5.41) is 12.7. The summed E-state index contributed by atoms with van der Waals surface area (Å²) in [6, 6.07) is 2.46. The van der Waals surface area contributed by atoms with Gasteiger partial charge >= 0.3 is 0 Å². The van der Waals surface area contributed by atoms with Gasteiger partial charge in [0.2, 0.25) is 0 Å². The SMILES string of the molecule is CN(C)CCNC1(C#N)CCN(C)CC1. The van der Waals surface area contributed by atoms with Crippen LogP contribution >= 0.6 is 0 Å². The highest BCUT2D eigenvalue weighted by Gasteiger charge is 2.32. The fourth-order valence-corrected chi connectivity index (χ4v) is 1.85. The highest BCUT2D eigenvalue weighted by Crippen LogP contribution is 2.20. The van der Waals surface area contributed by atoms with Crippen LogP contribution in [0.4, 0.5) is 0 Å². The van der Waals surface area contributed by atoms with E-state index in [1.54, 1.807) is 0 Å². The molecular formula is C11H22N4. The van der Waals surface area contributed by atoms with Crippen molar-refractivity contribution in [3.63, 3.8) is 0 Å². The molecule has 1 aliphatic heterocycles. The average molecular weight is 210 g/mol. The lowest BCUT2D eigenvalue weighted by Gasteiger charge is -2.36. The Morgan fingerprint density at radius 2 is 2.00 bits per heavy atom. The molecular weight excluding hydrogens is 188 g/mol. The third-order valence-corrected chi connectivity index (χ3v) is 3.08. The fourth-order valence-electron chi connectivity index (χ4n) is 1.85. The maximum atomic E-state index is 9.25. The first-order valence-corrected chi connectivity index (χ1v) is 5.57. The Labute approximate surface area is 92.8 Å². The number of likely N-dealkylation sites (tertiary alicyclic amines) is 1. The molecule has 0 amide bonds. The van der Waals surface area contributed by atoms with E-state index in [9.17, 15) is 5.26 Å². The van der Waals surface area contributed by atoms with E-state index >= 15 is 0 Å². The summed E-state index contributed by atoms with van der Waals surface area (Å²) in [6.07, 6.45) is 1.88. The molecule has 4 nitrogen and oxygen atoms in total. The molecule has 1 heterocycles. The molecule has 0 saturated carbocycles. The van der Waals surface area contributed by atoms with Crippen molar-refractivity contribution in [2.75, 3.05) is 47.3 Å². The molecule has 0 unspecified atom stereocenters. The maximum absolute atomic E-state index is 9.25. The third kappa shape index (κ3) is 3.78. The topological polar surface area (TPSA) is 42.3 Å². The number of piperidine rings is 1. The Balaban J connectivity index is 2.38. The van der Waals surface area contributed by atoms with E-state index in [-0.39, 0.29) is 5.54 Å². The van der Waals surface area contributed by atoms with E-state index in [1.807, 2.05) is 0 Å². The molecule has 0 aromatic heterocycles. The molecule has 4 heteroatoms. The van der Waals surface area contributed by atoms with Gasteiger partial charge in [-0.3, -0.25) is 5.32 Å². The fraction of sp³-hybridized carbons (Fsp3) is 0.909. The number of likely N-dealkylation sites (N-methyl/N-ethyl adjacent to an activating group) is 1. The second-order valence-corrected chi connectivity index (χ2v) is 4.73. The molecule has 1 rings (SSSR count). The quantitative estimate of drug-likeness (QED) is 0.716. The van der Waals surface area contributed by atoms with Crippen LogP contribution in [0.3, 0.4) is 0 Å². The predicted octanol–water partition coefficient (Wildman–Crippen LogP) is 0.126.